The van der Waals surface area contributed by atoms with Crippen LogP contribution < -0.4 is 0 Å². The first-order valence-corrected chi connectivity index (χ1v) is 8.28. The van der Waals surface area contributed by atoms with Gasteiger partial charge in [0.25, 0.3) is 0 Å². The number of nitriles is 1. The highest BCUT2D eigenvalue weighted by Crippen LogP contribution is 2.29. The normalized spacial score (nSPS) is 26.0. The maximum Gasteiger partial charge on any atom is 0.0668 e. The van der Waals surface area contributed by atoms with E-state index in [0.717, 1.165) is 41.5 Å². The number of hydrogen-bond acceptors (Lipinski definition) is 2. The summed E-state index contributed by atoms with van der Waals surface area (Å²) < 4.78 is 13.6. The van der Waals surface area contributed by atoms with E-state index in [0.29, 0.717) is 0 Å². The lowest BCUT2D eigenvalue weighted by Gasteiger charge is -2.18. The molecule has 0 aromatic heterocycles. The van der Waals surface area contributed by atoms with E-state index < -0.39 is 10.8 Å². The number of rotatable bonds is 2. The van der Waals surface area contributed by atoms with Crippen LogP contribution in [0.5, 0.6) is 0 Å². The molecule has 96 valence electrons. The monoisotopic (exact) mass is 325 g/mol. The molecule has 0 heterocycles. The Morgan fingerprint density at radius 2 is 1.83 bits per heavy atom. The second-order valence-corrected chi connectivity index (χ2v) is 7.25. The van der Waals surface area contributed by atoms with E-state index >= 15 is 0 Å². The molecule has 0 radical (unpaired) electrons. The third-order valence-electron chi connectivity index (χ3n) is 3.44. The fourth-order valence-corrected chi connectivity index (χ4v) is 4.32. The molecule has 1 fully saturated rings. The average molecular weight is 326 g/mol. The van der Waals surface area contributed by atoms with E-state index in [1.165, 1.54) is 0 Å². The highest BCUT2D eigenvalue weighted by molar-refractivity contribution is 9.10. The van der Waals surface area contributed by atoms with E-state index in [4.69, 9.17) is 0 Å². The molecule has 1 saturated carbocycles. The van der Waals surface area contributed by atoms with Gasteiger partial charge >= 0.3 is 0 Å². The summed E-state index contributed by atoms with van der Waals surface area (Å²) in [6, 6.07) is 9.95. The molecule has 1 aliphatic carbocycles. The number of halogens is 1. The molecule has 2 rings (SSSR count). The summed E-state index contributed by atoms with van der Waals surface area (Å²) in [7, 11) is -1.06. The molecule has 3 unspecified atom stereocenters. The zero-order chi connectivity index (χ0) is 13.0. The Balaban J connectivity index is 2.20. The molecule has 1 aromatic rings. The molecular formula is C14H16BrNOS. The summed E-state index contributed by atoms with van der Waals surface area (Å²) in [5.41, 5.74) is 0. The quantitative estimate of drug-likeness (QED) is 0.770. The van der Waals surface area contributed by atoms with Crippen molar-refractivity contribution in [3.63, 3.8) is 0 Å². The van der Waals surface area contributed by atoms with E-state index in [9.17, 15) is 9.47 Å². The first kappa shape index (κ1) is 13.8. The zero-order valence-electron chi connectivity index (χ0n) is 10.1. The second kappa shape index (κ2) is 6.49. The Morgan fingerprint density at radius 1 is 1.17 bits per heavy atom. The van der Waals surface area contributed by atoms with Gasteiger partial charge in [0.2, 0.25) is 0 Å². The number of hydrogen-bond donors (Lipinski definition) is 0. The molecule has 3 atom stereocenters. The molecule has 0 bridgehead atoms. The Morgan fingerprint density at radius 3 is 2.50 bits per heavy atom. The SMILES string of the molecule is N#CC1CCCCCC1S(=O)c1ccc(Br)cc1. The lowest BCUT2D eigenvalue weighted by atomic mass is 10.0. The predicted octanol–water partition coefficient (Wildman–Crippen LogP) is 4.03. The molecule has 1 aromatic carbocycles. The van der Waals surface area contributed by atoms with Crippen molar-refractivity contribution in [1.29, 1.82) is 5.26 Å². The van der Waals surface area contributed by atoms with Crippen LogP contribution >= 0.6 is 15.9 Å². The maximum absolute atomic E-state index is 12.6. The van der Waals surface area contributed by atoms with Crippen LogP contribution in [0.1, 0.15) is 32.1 Å². The summed E-state index contributed by atoms with van der Waals surface area (Å²) in [6.45, 7) is 0. The van der Waals surface area contributed by atoms with E-state index in [2.05, 4.69) is 22.0 Å². The summed E-state index contributed by atoms with van der Waals surface area (Å²) in [6.07, 6.45) is 5.13. The van der Waals surface area contributed by atoms with Gasteiger partial charge in [-0.3, -0.25) is 4.21 Å². The van der Waals surface area contributed by atoms with Crippen molar-refractivity contribution in [3.05, 3.63) is 28.7 Å². The van der Waals surface area contributed by atoms with Crippen molar-refractivity contribution in [1.82, 2.24) is 0 Å². The average Bonchev–Trinajstić information content (AvgIpc) is 2.63. The highest BCUT2D eigenvalue weighted by Gasteiger charge is 2.29. The first-order valence-electron chi connectivity index (χ1n) is 6.28. The van der Waals surface area contributed by atoms with Gasteiger partial charge in [-0.15, -0.1) is 0 Å². The van der Waals surface area contributed by atoms with Gasteiger partial charge in [-0.05, 0) is 37.1 Å². The van der Waals surface area contributed by atoms with Gasteiger partial charge in [0.1, 0.15) is 0 Å². The Bertz CT molecular complexity index is 466. The molecule has 18 heavy (non-hydrogen) atoms. The zero-order valence-corrected chi connectivity index (χ0v) is 12.5. The van der Waals surface area contributed by atoms with Crippen LogP contribution in [-0.4, -0.2) is 9.46 Å². The molecule has 4 heteroatoms. The Labute approximate surface area is 119 Å². The van der Waals surface area contributed by atoms with Crippen molar-refractivity contribution in [2.24, 2.45) is 5.92 Å². The molecule has 0 amide bonds. The minimum Gasteiger partial charge on any atom is -0.254 e. The van der Waals surface area contributed by atoms with Crippen LogP contribution in [-0.2, 0) is 10.8 Å². The van der Waals surface area contributed by atoms with Crippen molar-refractivity contribution in [3.8, 4) is 6.07 Å². The summed E-state index contributed by atoms with van der Waals surface area (Å²) in [4.78, 5) is 0.838. The minimum absolute atomic E-state index is 0.00123. The molecule has 0 spiro atoms. The fourth-order valence-electron chi connectivity index (χ4n) is 2.42. The third kappa shape index (κ3) is 3.21. The first-order chi connectivity index (χ1) is 8.72. The van der Waals surface area contributed by atoms with E-state index in [1.54, 1.807) is 0 Å². The van der Waals surface area contributed by atoms with E-state index in [-0.39, 0.29) is 11.2 Å². The van der Waals surface area contributed by atoms with Crippen molar-refractivity contribution in [2.75, 3.05) is 0 Å². The summed E-state index contributed by atoms with van der Waals surface area (Å²) in [5, 5.41) is 9.23. The largest absolute Gasteiger partial charge is 0.254 e. The van der Waals surface area contributed by atoms with Crippen LogP contribution in [0, 0.1) is 17.2 Å². The standard InChI is InChI=1S/C14H16BrNOS/c15-12-6-8-13(9-7-12)18(17)14-5-3-1-2-4-11(14)10-16/h6-9,11,14H,1-5H2. The Kier molecular flexibility index (Phi) is 4.96. The second-order valence-electron chi connectivity index (χ2n) is 4.66. The maximum atomic E-state index is 12.6. The molecular weight excluding hydrogens is 310 g/mol. The highest BCUT2D eigenvalue weighted by atomic mass is 79.9. The lowest BCUT2D eigenvalue weighted by Crippen LogP contribution is -2.23. The number of benzene rings is 1. The van der Waals surface area contributed by atoms with Crippen LogP contribution in [0.4, 0.5) is 0 Å². The molecule has 1 aliphatic rings. The molecule has 0 aliphatic heterocycles. The Hall–Kier alpha value is -0.660. The van der Waals surface area contributed by atoms with Gasteiger partial charge in [0, 0.05) is 9.37 Å². The summed E-state index contributed by atoms with van der Waals surface area (Å²) in [5.74, 6) is -0.0584. The van der Waals surface area contributed by atoms with Crippen LogP contribution in [0.3, 0.4) is 0 Å². The van der Waals surface area contributed by atoms with Gasteiger partial charge < -0.3 is 0 Å². The predicted molar refractivity (Wildman–Crippen MR) is 76.5 cm³/mol. The van der Waals surface area contributed by atoms with Crippen molar-refractivity contribution >= 4 is 26.7 Å². The topological polar surface area (TPSA) is 40.9 Å². The minimum atomic E-state index is -1.06. The van der Waals surface area contributed by atoms with Gasteiger partial charge in [-0.1, -0.05) is 35.2 Å². The van der Waals surface area contributed by atoms with E-state index in [1.807, 2.05) is 24.3 Å². The number of nitrogens with zero attached hydrogens (tertiary/aromatic N) is 1. The third-order valence-corrected chi connectivity index (χ3v) is 5.82. The smallest absolute Gasteiger partial charge is 0.0668 e. The van der Waals surface area contributed by atoms with Gasteiger partial charge in [0.05, 0.1) is 28.0 Å². The fraction of sp³-hybridized carbons (Fsp3) is 0.500. The van der Waals surface area contributed by atoms with Gasteiger partial charge in [-0.2, -0.15) is 5.26 Å². The van der Waals surface area contributed by atoms with Crippen LogP contribution in [0.25, 0.3) is 0 Å². The lowest BCUT2D eigenvalue weighted by molar-refractivity contribution is 0.564. The van der Waals surface area contributed by atoms with Crippen LogP contribution in [0.2, 0.25) is 0 Å². The van der Waals surface area contributed by atoms with Crippen molar-refractivity contribution in [2.45, 2.75) is 42.2 Å². The molecule has 2 nitrogen and oxygen atoms in total. The van der Waals surface area contributed by atoms with Crippen LogP contribution in [0.15, 0.2) is 33.6 Å². The molecule has 0 saturated heterocycles. The van der Waals surface area contributed by atoms with Gasteiger partial charge in [-0.25, -0.2) is 0 Å². The van der Waals surface area contributed by atoms with Gasteiger partial charge in [0.15, 0.2) is 0 Å². The van der Waals surface area contributed by atoms with Crippen molar-refractivity contribution < 1.29 is 4.21 Å². The molecule has 0 N–H and O–H groups in total. The summed E-state index contributed by atoms with van der Waals surface area (Å²) >= 11 is 3.38.